The van der Waals surface area contributed by atoms with Crippen molar-refractivity contribution in [1.29, 1.82) is 0 Å². The lowest BCUT2D eigenvalue weighted by Crippen LogP contribution is -2.45. The lowest BCUT2D eigenvalue weighted by Gasteiger charge is -2.33. The van der Waals surface area contributed by atoms with Crippen LogP contribution in [0.3, 0.4) is 0 Å². The van der Waals surface area contributed by atoms with Gasteiger partial charge in [0.05, 0.1) is 5.69 Å². The Bertz CT molecular complexity index is 1100. The number of carbonyl (C=O) groups excluding carboxylic acids is 2. The fourth-order valence-electron chi connectivity index (χ4n) is 3.48. The molecule has 32 heavy (non-hydrogen) atoms. The molecule has 0 radical (unpaired) electrons. The van der Waals surface area contributed by atoms with E-state index in [-0.39, 0.29) is 18.4 Å². The summed E-state index contributed by atoms with van der Waals surface area (Å²) in [7, 11) is 0. The van der Waals surface area contributed by atoms with Crippen molar-refractivity contribution >= 4 is 34.8 Å². The van der Waals surface area contributed by atoms with Gasteiger partial charge in [0.15, 0.2) is 12.7 Å². The Morgan fingerprint density at radius 1 is 1.09 bits per heavy atom. The maximum Gasteiger partial charge on any atom is 0.267 e. The van der Waals surface area contributed by atoms with Crippen LogP contribution in [0.5, 0.6) is 11.5 Å². The second-order valence-electron chi connectivity index (χ2n) is 7.46. The number of nitrogens with one attached hydrogen (secondary N) is 1. The highest BCUT2D eigenvalue weighted by molar-refractivity contribution is 6.30. The van der Waals surface area contributed by atoms with Crippen LogP contribution in [-0.4, -0.2) is 31.1 Å². The fourth-order valence-corrected chi connectivity index (χ4v) is 3.61. The van der Waals surface area contributed by atoms with Crippen molar-refractivity contribution in [3.8, 4) is 11.5 Å². The van der Waals surface area contributed by atoms with Gasteiger partial charge in [0.1, 0.15) is 11.5 Å². The molecule has 164 valence electrons. The first-order chi connectivity index (χ1) is 15.5. The van der Waals surface area contributed by atoms with Crippen LogP contribution >= 0.6 is 11.6 Å². The standard InChI is InChI=1S/C25H23ClN2O4/c1-17-25(30)28(14-13-18-5-3-2-4-6-18)22-12-9-20(15-23(22)32-17)27-24(29)16-31-21-10-7-19(26)8-11-21/h2-12,15,17H,13-14,16H2,1H3,(H,27,29). The topological polar surface area (TPSA) is 67.9 Å². The van der Waals surface area contributed by atoms with Gasteiger partial charge in [0, 0.05) is 23.3 Å². The van der Waals surface area contributed by atoms with Crippen molar-refractivity contribution in [2.45, 2.75) is 19.4 Å². The van der Waals surface area contributed by atoms with Gasteiger partial charge < -0.3 is 19.7 Å². The van der Waals surface area contributed by atoms with Gasteiger partial charge in [-0.05, 0) is 55.3 Å². The highest BCUT2D eigenvalue weighted by atomic mass is 35.5. The normalized spacial score (nSPS) is 15.0. The number of fused-ring (bicyclic) bond motifs is 1. The van der Waals surface area contributed by atoms with Crippen molar-refractivity contribution in [2.24, 2.45) is 0 Å². The molecule has 0 fully saturated rings. The van der Waals surface area contributed by atoms with E-state index in [0.717, 1.165) is 12.0 Å². The van der Waals surface area contributed by atoms with E-state index in [1.54, 1.807) is 54.3 Å². The maximum absolute atomic E-state index is 12.7. The number of halogens is 1. The molecule has 0 saturated carbocycles. The Hall–Kier alpha value is -3.51. The molecule has 0 saturated heterocycles. The van der Waals surface area contributed by atoms with E-state index in [1.165, 1.54) is 0 Å². The minimum absolute atomic E-state index is 0.0819. The van der Waals surface area contributed by atoms with Gasteiger partial charge in [-0.15, -0.1) is 0 Å². The monoisotopic (exact) mass is 450 g/mol. The van der Waals surface area contributed by atoms with Gasteiger partial charge in [-0.1, -0.05) is 41.9 Å². The number of ether oxygens (including phenoxy) is 2. The summed E-state index contributed by atoms with van der Waals surface area (Å²) in [6.07, 6.45) is 0.136. The third-order valence-corrected chi connectivity index (χ3v) is 5.35. The van der Waals surface area contributed by atoms with Crippen LogP contribution in [0, 0.1) is 0 Å². The molecule has 1 N–H and O–H groups in total. The molecule has 7 heteroatoms. The Kier molecular flexibility index (Phi) is 6.61. The molecule has 0 aliphatic carbocycles. The first kappa shape index (κ1) is 21.7. The summed E-state index contributed by atoms with van der Waals surface area (Å²) in [5, 5.41) is 3.40. The molecule has 1 aliphatic heterocycles. The van der Waals surface area contributed by atoms with Crippen molar-refractivity contribution in [2.75, 3.05) is 23.4 Å². The van der Waals surface area contributed by atoms with Crippen LogP contribution in [0.2, 0.25) is 5.02 Å². The summed E-state index contributed by atoms with van der Waals surface area (Å²) in [5.41, 5.74) is 2.42. The largest absolute Gasteiger partial charge is 0.484 e. The molecule has 1 heterocycles. The number of hydrogen-bond acceptors (Lipinski definition) is 4. The van der Waals surface area contributed by atoms with E-state index in [4.69, 9.17) is 21.1 Å². The Balaban J connectivity index is 1.42. The molecule has 2 amide bonds. The van der Waals surface area contributed by atoms with Crippen molar-refractivity contribution in [3.63, 3.8) is 0 Å². The number of hydrogen-bond donors (Lipinski definition) is 1. The van der Waals surface area contributed by atoms with Crippen molar-refractivity contribution in [1.82, 2.24) is 0 Å². The summed E-state index contributed by atoms with van der Waals surface area (Å²) in [6.45, 7) is 2.13. The number of anilines is 2. The smallest absolute Gasteiger partial charge is 0.267 e. The van der Waals surface area contributed by atoms with E-state index in [0.29, 0.717) is 34.4 Å². The highest BCUT2D eigenvalue weighted by Gasteiger charge is 2.31. The van der Waals surface area contributed by atoms with Crippen LogP contribution in [0.4, 0.5) is 11.4 Å². The third-order valence-electron chi connectivity index (χ3n) is 5.10. The maximum atomic E-state index is 12.7. The molecule has 1 aliphatic rings. The van der Waals surface area contributed by atoms with Gasteiger partial charge in [0.2, 0.25) is 0 Å². The molecule has 3 aromatic rings. The molecule has 1 atom stereocenters. The zero-order valence-corrected chi connectivity index (χ0v) is 18.3. The number of amides is 2. The van der Waals surface area contributed by atoms with Crippen LogP contribution in [0.1, 0.15) is 12.5 Å². The summed E-state index contributed by atoms with van der Waals surface area (Å²) < 4.78 is 11.3. The van der Waals surface area contributed by atoms with E-state index in [2.05, 4.69) is 5.32 Å². The van der Waals surface area contributed by atoms with Crippen molar-refractivity contribution in [3.05, 3.63) is 83.4 Å². The predicted octanol–water partition coefficient (Wildman–Crippen LogP) is 4.71. The summed E-state index contributed by atoms with van der Waals surface area (Å²) in [6, 6.07) is 22.1. The second-order valence-corrected chi connectivity index (χ2v) is 7.90. The lowest BCUT2D eigenvalue weighted by atomic mass is 10.1. The molecular weight excluding hydrogens is 428 g/mol. The summed E-state index contributed by atoms with van der Waals surface area (Å²) in [5.74, 6) is 0.726. The third kappa shape index (κ3) is 5.21. The first-order valence-corrected chi connectivity index (χ1v) is 10.7. The molecule has 6 nitrogen and oxygen atoms in total. The molecule has 1 unspecified atom stereocenters. The van der Waals surface area contributed by atoms with Crippen molar-refractivity contribution < 1.29 is 19.1 Å². The molecule has 0 spiro atoms. The van der Waals surface area contributed by atoms with E-state index < -0.39 is 6.10 Å². The minimum atomic E-state index is -0.600. The number of carbonyl (C=O) groups is 2. The molecule has 4 rings (SSSR count). The minimum Gasteiger partial charge on any atom is -0.484 e. The fraction of sp³-hybridized carbons (Fsp3) is 0.200. The zero-order chi connectivity index (χ0) is 22.5. The highest BCUT2D eigenvalue weighted by Crippen LogP contribution is 2.36. The number of nitrogens with zero attached hydrogens (tertiary/aromatic N) is 1. The van der Waals surface area contributed by atoms with Crippen LogP contribution < -0.4 is 19.7 Å². The Labute approximate surface area is 191 Å². The van der Waals surface area contributed by atoms with E-state index >= 15 is 0 Å². The van der Waals surface area contributed by atoms with Crippen LogP contribution in [-0.2, 0) is 16.0 Å². The average Bonchev–Trinajstić information content (AvgIpc) is 2.80. The number of rotatable bonds is 7. The average molecular weight is 451 g/mol. The van der Waals surface area contributed by atoms with Gasteiger partial charge >= 0.3 is 0 Å². The van der Waals surface area contributed by atoms with Gasteiger partial charge in [-0.3, -0.25) is 9.59 Å². The second kappa shape index (κ2) is 9.75. The van der Waals surface area contributed by atoms with Gasteiger partial charge in [-0.25, -0.2) is 0 Å². The zero-order valence-electron chi connectivity index (χ0n) is 17.6. The summed E-state index contributed by atoms with van der Waals surface area (Å²) in [4.78, 5) is 26.8. The number of benzene rings is 3. The van der Waals surface area contributed by atoms with E-state index in [1.807, 2.05) is 30.3 Å². The van der Waals surface area contributed by atoms with Gasteiger partial charge in [-0.2, -0.15) is 0 Å². The molecule has 0 bridgehead atoms. The summed E-state index contributed by atoms with van der Waals surface area (Å²) >= 11 is 5.85. The lowest BCUT2D eigenvalue weighted by molar-refractivity contribution is -0.125. The molecule has 3 aromatic carbocycles. The predicted molar refractivity (Wildman–Crippen MR) is 125 cm³/mol. The quantitative estimate of drug-likeness (QED) is 0.565. The van der Waals surface area contributed by atoms with E-state index in [9.17, 15) is 9.59 Å². The van der Waals surface area contributed by atoms with Crippen LogP contribution in [0.15, 0.2) is 72.8 Å². The molecule has 0 aromatic heterocycles. The first-order valence-electron chi connectivity index (χ1n) is 10.3. The van der Waals surface area contributed by atoms with Gasteiger partial charge in [0.25, 0.3) is 11.8 Å². The Morgan fingerprint density at radius 3 is 2.59 bits per heavy atom. The molecular formula is C25H23ClN2O4. The van der Waals surface area contributed by atoms with Crippen LogP contribution in [0.25, 0.3) is 0 Å². The Morgan fingerprint density at radius 2 is 1.84 bits per heavy atom. The SMILES string of the molecule is CC1Oc2cc(NC(=O)COc3ccc(Cl)cc3)ccc2N(CCc2ccccc2)C1=O.